The summed E-state index contributed by atoms with van der Waals surface area (Å²) in [6.45, 7) is 1.99. The Morgan fingerprint density at radius 2 is 2.31 bits per heavy atom. The van der Waals surface area contributed by atoms with E-state index in [1.54, 1.807) is 18.0 Å². The Labute approximate surface area is 104 Å². The highest BCUT2D eigenvalue weighted by molar-refractivity contribution is 7.98. The van der Waals surface area contributed by atoms with Gasteiger partial charge in [0.25, 0.3) is 0 Å². The van der Waals surface area contributed by atoms with Gasteiger partial charge in [-0.3, -0.25) is 4.68 Å². The second-order valence-electron chi connectivity index (χ2n) is 3.49. The summed E-state index contributed by atoms with van der Waals surface area (Å²) < 4.78 is 1.88. The van der Waals surface area contributed by atoms with Crippen molar-refractivity contribution in [3.8, 4) is 0 Å². The van der Waals surface area contributed by atoms with Crippen molar-refractivity contribution in [2.45, 2.75) is 17.7 Å². The number of halogens is 1. The van der Waals surface area contributed by atoms with Crippen LogP contribution in [-0.4, -0.2) is 14.8 Å². The maximum absolute atomic E-state index is 5.99. The Hall–Kier alpha value is -1.00. The first-order valence-corrected chi connectivity index (χ1v) is 6.26. The van der Waals surface area contributed by atoms with Gasteiger partial charge in [-0.1, -0.05) is 17.7 Å². The molecular weight excluding hydrogens is 242 g/mol. The molecule has 0 fully saturated rings. The average Bonchev–Trinajstić information content (AvgIpc) is 2.56. The number of rotatable bonds is 3. The zero-order valence-electron chi connectivity index (χ0n) is 9.14. The van der Waals surface area contributed by atoms with Gasteiger partial charge < -0.3 is 0 Å². The van der Waals surface area contributed by atoms with Crippen LogP contribution >= 0.6 is 23.4 Å². The van der Waals surface area contributed by atoms with Crippen LogP contribution in [0.4, 0.5) is 0 Å². The van der Waals surface area contributed by atoms with E-state index in [0.29, 0.717) is 5.15 Å². The highest BCUT2D eigenvalue weighted by atomic mass is 35.5. The molecule has 0 radical (unpaired) electrons. The SMILES string of the molecule is Cc1cc(SCc2cccnc2Cl)n(C)n1. The third kappa shape index (κ3) is 2.57. The van der Waals surface area contributed by atoms with Crippen molar-refractivity contribution in [3.63, 3.8) is 0 Å². The number of thioether (sulfide) groups is 1. The molecule has 0 atom stereocenters. The highest BCUT2D eigenvalue weighted by Crippen LogP contribution is 2.25. The van der Waals surface area contributed by atoms with Gasteiger partial charge in [-0.15, -0.1) is 11.8 Å². The number of pyridine rings is 1. The van der Waals surface area contributed by atoms with Crippen LogP contribution in [0.3, 0.4) is 0 Å². The molecule has 0 N–H and O–H groups in total. The Morgan fingerprint density at radius 3 is 2.94 bits per heavy atom. The van der Waals surface area contributed by atoms with E-state index in [1.807, 2.05) is 30.8 Å². The first-order valence-electron chi connectivity index (χ1n) is 4.89. The molecular formula is C11H12ClN3S. The first-order chi connectivity index (χ1) is 7.66. The van der Waals surface area contributed by atoms with Gasteiger partial charge in [0.05, 0.1) is 10.7 Å². The Kier molecular flexibility index (Phi) is 3.51. The van der Waals surface area contributed by atoms with Crippen molar-refractivity contribution in [2.24, 2.45) is 7.05 Å². The summed E-state index contributed by atoms with van der Waals surface area (Å²) >= 11 is 7.70. The van der Waals surface area contributed by atoms with Crippen molar-refractivity contribution < 1.29 is 0 Å². The van der Waals surface area contributed by atoms with Crippen LogP contribution in [0.5, 0.6) is 0 Å². The topological polar surface area (TPSA) is 30.7 Å². The molecule has 0 saturated carbocycles. The molecule has 0 spiro atoms. The number of nitrogens with zero attached hydrogens (tertiary/aromatic N) is 3. The van der Waals surface area contributed by atoms with Gasteiger partial charge >= 0.3 is 0 Å². The second-order valence-corrected chi connectivity index (χ2v) is 4.84. The zero-order chi connectivity index (χ0) is 11.5. The van der Waals surface area contributed by atoms with Gasteiger partial charge in [0.1, 0.15) is 5.15 Å². The average molecular weight is 254 g/mol. The van der Waals surface area contributed by atoms with Gasteiger partial charge in [-0.05, 0) is 24.6 Å². The third-order valence-corrected chi connectivity index (χ3v) is 3.64. The Balaban J connectivity index is 2.08. The highest BCUT2D eigenvalue weighted by Gasteiger charge is 2.05. The molecule has 2 aromatic heterocycles. The minimum absolute atomic E-state index is 0.578. The normalized spacial score (nSPS) is 10.7. The molecule has 2 aromatic rings. The maximum Gasteiger partial charge on any atom is 0.133 e. The van der Waals surface area contributed by atoms with E-state index in [2.05, 4.69) is 16.1 Å². The minimum atomic E-state index is 0.578. The van der Waals surface area contributed by atoms with E-state index in [0.717, 1.165) is 22.0 Å². The van der Waals surface area contributed by atoms with Crippen molar-refractivity contribution >= 4 is 23.4 Å². The number of hydrogen-bond acceptors (Lipinski definition) is 3. The smallest absolute Gasteiger partial charge is 0.133 e. The molecule has 0 unspecified atom stereocenters. The summed E-state index contributed by atoms with van der Waals surface area (Å²) in [4.78, 5) is 4.05. The second kappa shape index (κ2) is 4.89. The van der Waals surface area contributed by atoms with Crippen LogP contribution in [0.2, 0.25) is 5.15 Å². The Morgan fingerprint density at radius 1 is 1.50 bits per heavy atom. The Bertz CT molecular complexity index is 496. The fourth-order valence-corrected chi connectivity index (χ4v) is 2.68. The lowest BCUT2D eigenvalue weighted by Crippen LogP contribution is -1.93. The largest absolute Gasteiger partial charge is 0.262 e. The van der Waals surface area contributed by atoms with E-state index in [9.17, 15) is 0 Å². The molecule has 16 heavy (non-hydrogen) atoms. The molecule has 84 valence electrons. The van der Waals surface area contributed by atoms with Gasteiger partial charge in [0.2, 0.25) is 0 Å². The van der Waals surface area contributed by atoms with Crippen molar-refractivity contribution in [1.29, 1.82) is 0 Å². The van der Waals surface area contributed by atoms with E-state index in [-0.39, 0.29) is 0 Å². The summed E-state index contributed by atoms with van der Waals surface area (Å²) in [7, 11) is 1.94. The standard InChI is InChI=1S/C11H12ClN3S/c1-8-6-10(15(2)14-8)16-7-9-4-3-5-13-11(9)12/h3-6H,7H2,1-2H3. The quantitative estimate of drug-likeness (QED) is 0.622. The monoisotopic (exact) mass is 253 g/mol. The number of aryl methyl sites for hydroxylation is 2. The van der Waals surface area contributed by atoms with Gasteiger partial charge in [0, 0.05) is 19.0 Å². The molecule has 5 heteroatoms. The van der Waals surface area contributed by atoms with E-state index >= 15 is 0 Å². The fourth-order valence-electron chi connectivity index (χ4n) is 1.40. The molecule has 0 bridgehead atoms. The zero-order valence-corrected chi connectivity index (χ0v) is 10.7. The minimum Gasteiger partial charge on any atom is -0.262 e. The first kappa shape index (κ1) is 11.5. The molecule has 0 amide bonds. The summed E-state index contributed by atoms with van der Waals surface area (Å²) in [5, 5.41) is 6.01. The lowest BCUT2D eigenvalue weighted by molar-refractivity contribution is 0.692. The van der Waals surface area contributed by atoms with Crippen molar-refractivity contribution in [1.82, 2.24) is 14.8 Å². The van der Waals surface area contributed by atoms with E-state index < -0.39 is 0 Å². The van der Waals surface area contributed by atoms with Gasteiger partial charge in [-0.25, -0.2) is 4.98 Å². The van der Waals surface area contributed by atoms with Crippen molar-refractivity contribution in [3.05, 3.63) is 40.8 Å². The van der Waals surface area contributed by atoms with Crippen LogP contribution in [0, 0.1) is 6.92 Å². The molecule has 0 aliphatic rings. The number of hydrogen-bond donors (Lipinski definition) is 0. The predicted octanol–water partition coefficient (Wildman–Crippen LogP) is 3.07. The fraction of sp³-hybridized carbons (Fsp3) is 0.273. The lowest BCUT2D eigenvalue weighted by atomic mass is 10.3. The van der Waals surface area contributed by atoms with Crippen LogP contribution in [0.25, 0.3) is 0 Å². The van der Waals surface area contributed by atoms with Crippen molar-refractivity contribution in [2.75, 3.05) is 0 Å². The molecule has 0 aliphatic carbocycles. The van der Waals surface area contributed by atoms with Crippen LogP contribution in [0.1, 0.15) is 11.3 Å². The molecule has 0 saturated heterocycles. The van der Waals surface area contributed by atoms with Crippen LogP contribution in [0.15, 0.2) is 29.4 Å². The third-order valence-electron chi connectivity index (χ3n) is 2.17. The lowest BCUT2D eigenvalue weighted by Gasteiger charge is -2.03. The summed E-state index contributed by atoms with van der Waals surface area (Å²) in [6.07, 6.45) is 1.70. The van der Waals surface area contributed by atoms with Gasteiger partial charge in [0.15, 0.2) is 0 Å². The van der Waals surface area contributed by atoms with Gasteiger partial charge in [-0.2, -0.15) is 5.10 Å². The molecule has 0 aromatic carbocycles. The molecule has 2 heterocycles. The summed E-state index contributed by atoms with van der Waals surface area (Å²) in [6, 6.07) is 5.96. The molecule has 0 aliphatic heterocycles. The van der Waals surface area contributed by atoms with E-state index in [1.165, 1.54) is 0 Å². The van der Waals surface area contributed by atoms with E-state index in [4.69, 9.17) is 11.6 Å². The molecule has 2 rings (SSSR count). The predicted molar refractivity (Wildman–Crippen MR) is 66.8 cm³/mol. The molecule has 3 nitrogen and oxygen atoms in total. The van der Waals surface area contributed by atoms with Crippen LogP contribution < -0.4 is 0 Å². The summed E-state index contributed by atoms with van der Waals surface area (Å²) in [5.74, 6) is 0.811. The number of aromatic nitrogens is 3. The maximum atomic E-state index is 5.99. The van der Waals surface area contributed by atoms with Crippen LogP contribution in [-0.2, 0) is 12.8 Å². The summed E-state index contributed by atoms with van der Waals surface area (Å²) in [5.41, 5.74) is 2.08.